The maximum Gasteiger partial charge on any atom is 0.245 e. The smallest absolute Gasteiger partial charge is 0.245 e. The Morgan fingerprint density at radius 3 is 2.85 bits per heavy atom. The molecule has 3 N–H and O–H groups in total. The Labute approximate surface area is 125 Å². The van der Waals surface area contributed by atoms with Gasteiger partial charge in [0.25, 0.3) is 0 Å². The zero-order chi connectivity index (χ0) is 14.9. The second-order valence-electron chi connectivity index (χ2n) is 4.83. The number of aliphatic hydroxyl groups is 1. The van der Waals surface area contributed by atoms with Crippen molar-refractivity contribution in [1.29, 1.82) is 0 Å². The molecule has 1 unspecified atom stereocenters. The lowest BCUT2D eigenvalue weighted by Gasteiger charge is -2.18. The molecule has 1 aliphatic heterocycles. The zero-order valence-corrected chi connectivity index (χ0v) is 13.1. The molecule has 0 aromatic heterocycles. The summed E-state index contributed by atoms with van der Waals surface area (Å²) in [6.45, 7) is 0.793. The maximum absolute atomic E-state index is 13.3. The minimum atomic E-state index is -3.73. The molecule has 5 nitrogen and oxygen atoms in total. The summed E-state index contributed by atoms with van der Waals surface area (Å²) in [6.07, 6.45) is 1.29. The van der Waals surface area contributed by atoms with Gasteiger partial charge in [0.15, 0.2) is 0 Å². The number of nitrogens with two attached hydrogens (primary N) is 1. The third-order valence-electron chi connectivity index (χ3n) is 3.46. The number of sulfonamides is 1. The first-order chi connectivity index (χ1) is 9.36. The molecule has 0 amide bonds. The summed E-state index contributed by atoms with van der Waals surface area (Å²) in [5.41, 5.74) is 5.53. The lowest BCUT2D eigenvalue weighted by atomic mass is 10.1. The number of benzene rings is 1. The van der Waals surface area contributed by atoms with Crippen LogP contribution in [0.25, 0.3) is 0 Å². The average molecular weight is 367 g/mol. The molecule has 1 saturated heterocycles. The van der Waals surface area contributed by atoms with Gasteiger partial charge in [-0.1, -0.05) is 0 Å². The molecule has 1 aliphatic rings. The number of aliphatic hydroxyl groups excluding tert-OH is 1. The number of nitrogen functional groups attached to an aromatic ring is 1. The van der Waals surface area contributed by atoms with Crippen LogP contribution in [0.15, 0.2) is 21.5 Å². The van der Waals surface area contributed by atoms with Gasteiger partial charge in [-0.25, -0.2) is 12.8 Å². The van der Waals surface area contributed by atoms with Crippen LogP contribution in [0.2, 0.25) is 0 Å². The van der Waals surface area contributed by atoms with E-state index in [0.717, 1.165) is 6.07 Å². The first kappa shape index (κ1) is 15.7. The standard InChI is InChI=1S/C12H16BrFN2O3S/c13-9-5-12(11(15)6-10(9)14)20(18,19)16-3-1-8(7-16)2-4-17/h5-6,8,17H,1-4,7,15H2. The average Bonchev–Trinajstić information content (AvgIpc) is 2.83. The Balaban J connectivity index is 2.30. The molecule has 0 aliphatic carbocycles. The van der Waals surface area contributed by atoms with Gasteiger partial charge in [-0.3, -0.25) is 0 Å². The summed E-state index contributed by atoms with van der Waals surface area (Å²) in [6, 6.07) is 2.19. The van der Waals surface area contributed by atoms with E-state index in [4.69, 9.17) is 10.8 Å². The summed E-state index contributed by atoms with van der Waals surface area (Å²) in [7, 11) is -3.73. The minimum Gasteiger partial charge on any atom is -0.398 e. The van der Waals surface area contributed by atoms with Crippen molar-refractivity contribution in [3.8, 4) is 0 Å². The molecule has 112 valence electrons. The second kappa shape index (κ2) is 5.97. The van der Waals surface area contributed by atoms with Crippen LogP contribution in [0.3, 0.4) is 0 Å². The first-order valence-corrected chi connectivity index (χ1v) is 8.45. The van der Waals surface area contributed by atoms with E-state index in [1.54, 1.807) is 0 Å². The second-order valence-corrected chi connectivity index (χ2v) is 7.59. The molecular formula is C12H16BrFN2O3S. The van der Waals surface area contributed by atoms with E-state index in [1.165, 1.54) is 10.4 Å². The number of nitrogens with zero attached hydrogens (tertiary/aromatic N) is 1. The normalized spacial score (nSPS) is 20.4. The predicted molar refractivity (Wildman–Crippen MR) is 77.1 cm³/mol. The van der Waals surface area contributed by atoms with Gasteiger partial charge in [-0.2, -0.15) is 4.31 Å². The fraction of sp³-hybridized carbons (Fsp3) is 0.500. The molecular weight excluding hydrogens is 351 g/mol. The van der Waals surface area contributed by atoms with Gasteiger partial charge >= 0.3 is 0 Å². The van der Waals surface area contributed by atoms with Gasteiger partial charge in [-0.15, -0.1) is 0 Å². The van der Waals surface area contributed by atoms with Crippen molar-refractivity contribution in [2.75, 3.05) is 25.4 Å². The topological polar surface area (TPSA) is 83.6 Å². The molecule has 1 aromatic rings. The number of halogens is 2. The molecule has 0 radical (unpaired) electrons. The van der Waals surface area contributed by atoms with Crippen molar-refractivity contribution in [2.24, 2.45) is 5.92 Å². The summed E-state index contributed by atoms with van der Waals surface area (Å²) in [5.74, 6) is -0.444. The fourth-order valence-corrected chi connectivity index (χ4v) is 4.49. The number of hydrogen-bond donors (Lipinski definition) is 2. The molecule has 20 heavy (non-hydrogen) atoms. The minimum absolute atomic E-state index is 0.0444. The molecule has 1 heterocycles. The van der Waals surface area contributed by atoms with Crippen LogP contribution in [-0.4, -0.2) is 37.5 Å². The van der Waals surface area contributed by atoms with Crippen LogP contribution >= 0.6 is 15.9 Å². The molecule has 1 aromatic carbocycles. The third-order valence-corrected chi connectivity index (χ3v) is 5.99. The SMILES string of the molecule is Nc1cc(F)c(Br)cc1S(=O)(=O)N1CCC(CCO)C1. The molecule has 1 fully saturated rings. The molecule has 2 rings (SSSR count). The van der Waals surface area contributed by atoms with Gasteiger partial charge < -0.3 is 10.8 Å². The van der Waals surface area contributed by atoms with E-state index < -0.39 is 15.8 Å². The van der Waals surface area contributed by atoms with Gasteiger partial charge in [0.2, 0.25) is 10.0 Å². The van der Waals surface area contributed by atoms with E-state index >= 15 is 0 Å². The van der Waals surface area contributed by atoms with Gasteiger partial charge in [0.1, 0.15) is 10.7 Å². The monoisotopic (exact) mass is 366 g/mol. The van der Waals surface area contributed by atoms with Crippen LogP contribution in [-0.2, 0) is 10.0 Å². The van der Waals surface area contributed by atoms with Crippen LogP contribution in [0, 0.1) is 11.7 Å². The molecule has 8 heteroatoms. The summed E-state index contributed by atoms with van der Waals surface area (Å²) in [4.78, 5) is -0.0876. The van der Waals surface area contributed by atoms with Crippen LogP contribution in [0.5, 0.6) is 0 Å². The van der Waals surface area contributed by atoms with Crippen molar-refractivity contribution in [3.05, 3.63) is 22.4 Å². The molecule has 0 spiro atoms. The third kappa shape index (κ3) is 2.98. The summed E-state index contributed by atoms with van der Waals surface area (Å²) >= 11 is 2.97. The largest absolute Gasteiger partial charge is 0.398 e. The Morgan fingerprint density at radius 1 is 1.50 bits per heavy atom. The zero-order valence-electron chi connectivity index (χ0n) is 10.7. The van der Waals surface area contributed by atoms with Crippen molar-refractivity contribution in [2.45, 2.75) is 17.7 Å². The van der Waals surface area contributed by atoms with E-state index in [2.05, 4.69) is 15.9 Å². The maximum atomic E-state index is 13.3. The highest BCUT2D eigenvalue weighted by Gasteiger charge is 2.33. The first-order valence-electron chi connectivity index (χ1n) is 6.21. The lowest BCUT2D eigenvalue weighted by Crippen LogP contribution is -2.29. The quantitative estimate of drug-likeness (QED) is 0.792. The predicted octanol–water partition coefficient (Wildman–Crippen LogP) is 1.56. The Morgan fingerprint density at radius 2 is 2.20 bits per heavy atom. The van der Waals surface area contributed by atoms with Crippen molar-refractivity contribution >= 4 is 31.6 Å². The van der Waals surface area contributed by atoms with E-state index in [9.17, 15) is 12.8 Å². The highest BCUT2D eigenvalue weighted by molar-refractivity contribution is 9.10. The van der Waals surface area contributed by atoms with Crippen molar-refractivity contribution < 1.29 is 17.9 Å². The van der Waals surface area contributed by atoms with Gasteiger partial charge in [0, 0.05) is 19.7 Å². The number of rotatable bonds is 4. The molecule has 0 saturated carbocycles. The van der Waals surface area contributed by atoms with E-state index in [0.29, 0.717) is 25.9 Å². The number of hydrogen-bond acceptors (Lipinski definition) is 4. The van der Waals surface area contributed by atoms with Crippen LogP contribution in [0.4, 0.5) is 10.1 Å². The van der Waals surface area contributed by atoms with Crippen molar-refractivity contribution in [3.63, 3.8) is 0 Å². The highest BCUT2D eigenvalue weighted by atomic mass is 79.9. The van der Waals surface area contributed by atoms with E-state index in [1.807, 2.05) is 0 Å². The van der Waals surface area contributed by atoms with Crippen molar-refractivity contribution in [1.82, 2.24) is 4.31 Å². The van der Waals surface area contributed by atoms with Crippen LogP contribution in [0.1, 0.15) is 12.8 Å². The Hall–Kier alpha value is -0.700. The summed E-state index contributed by atoms with van der Waals surface area (Å²) < 4.78 is 39.7. The van der Waals surface area contributed by atoms with Gasteiger partial charge in [0.05, 0.1) is 10.2 Å². The fourth-order valence-electron chi connectivity index (χ4n) is 2.34. The Kier molecular flexibility index (Phi) is 4.68. The van der Waals surface area contributed by atoms with Gasteiger partial charge in [-0.05, 0) is 46.8 Å². The number of anilines is 1. The van der Waals surface area contributed by atoms with Crippen LogP contribution < -0.4 is 5.73 Å². The van der Waals surface area contributed by atoms with E-state index in [-0.39, 0.29) is 27.6 Å². The highest BCUT2D eigenvalue weighted by Crippen LogP contribution is 2.31. The Bertz CT molecular complexity index is 609. The molecule has 1 atom stereocenters. The lowest BCUT2D eigenvalue weighted by molar-refractivity contribution is 0.259. The molecule has 0 bridgehead atoms. The summed E-state index contributed by atoms with van der Waals surface area (Å²) in [5, 5.41) is 8.91.